The van der Waals surface area contributed by atoms with E-state index in [2.05, 4.69) is 11.9 Å². The van der Waals surface area contributed by atoms with Crippen LogP contribution in [0.15, 0.2) is 62.8 Å². The smallest absolute Gasteiger partial charge is 0.181 e. The van der Waals surface area contributed by atoms with Gasteiger partial charge in [-0.3, -0.25) is 10.2 Å². The van der Waals surface area contributed by atoms with E-state index in [1.807, 2.05) is 32.1 Å². The molecule has 0 aromatic carbocycles. The van der Waals surface area contributed by atoms with Crippen LogP contribution in [-0.4, -0.2) is 60.7 Å². The Bertz CT molecular complexity index is 964. The zero-order chi connectivity index (χ0) is 20.8. The van der Waals surface area contributed by atoms with Gasteiger partial charge in [0, 0.05) is 17.0 Å². The SMILES string of the molecule is CC1=CC(=C2C=C(S(=O)(=O)C3CC3)C=CC2=NC2CCN(C)CC2)C=C(C)N1O. The first kappa shape index (κ1) is 20.3. The van der Waals surface area contributed by atoms with Gasteiger partial charge in [0.25, 0.3) is 0 Å². The number of piperidine rings is 1. The molecular formula is C22H29N3O3S. The third-order valence-electron chi connectivity index (χ3n) is 5.98. The number of aliphatic imine (C=N–C) groups is 1. The second kappa shape index (κ2) is 7.70. The van der Waals surface area contributed by atoms with Crippen molar-refractivity contribution in [3.05, 3.63) is 57.8 Å². The molecule has 0 amide bonds. The molecule has 29 heavy (non-hydrogen) atoms. The molecule has 0 unspecified atom stereocenters. The average molecular weight is 416 g/mol. The zero-order valence-corrected chi connectivity index (χ0v) is 18.1. The van der Waals surface area contributed by atoms with Crippen LogP contribution in [-0.2, 0) is 9.84 Å². The highest BCUT2D eigenvalue weighted by Crippen LogP contribution is 2.36. The van der Waals surface area contributed by atoms with Crippen LogP contribution >= 0.6 is 0 Å². The fraction of sp³-hybridized carbons (Fsp3) is 0.500. The summed E-state index contributed by atoms with van der Waals surface area (Å²) in [5.41, 5.74) is 3.91. The Morgan fingerprint density at radius 2 is 1.62 bits per heavy atom. The summed E-state index contributed by atoms with van der Waals surface area (Å²) in [5.74, 6) is 0. The second-order valence-corrected chi connectivity index (χ2v) is 10.7. The van der Waals surface area contributed by atoms with Crippen molar-refractivity contribution >= 4 is 15.5 Å². The van der Waals surface area contributed by atoms with Gasteiger partial charge in [0.2, 0.25) is 0 Å². The van der Waals surface area contributed by atoms with E-state index < -0.39 is 9.84 Å². The highest BCUT2D eigenvalue weighted by molar-refractivity contribution is 7.96. The van der Waals surface area contributed by atoms with Crippen molar-refractivity contribution in [2.24, 2.45) is 4.99 Å². The Labute approximate surface area is 173 Å². The summed E-state index contributed by atoms with van der Waals surface area (Å²) in [6, 6.07) is 0.240. The van der Waals surface area contributed by atoms with E-state index in [4.69, 9.17) is 4.99 Å². The molecule has 0 aromatic rings. The molecule has 2 aliphatic carbocycles. The lowest BCUT2D eigenvalue weighted by Crippen LogP contribution is -2.32. The molecule has 2 heterocycles. The van der Waals surface area contributed by atoms with Crippen LogP contribution in [0.2, 0.25) is 0 Å². The number of rotatable bonds is 3. The fourth-order valence-electron chi connectivity index (χ4n) is 3.98. The zero-order valence-electron chi connectivity index (χ0n) is 17.3. The molecule has 4 aliphatic rings. The quantitative estimate of drug-likeness (QED) is 0.765. The summed E-state index contributed by atoms with van der Waals surface area (Å²) in [7, 11) is -1.16. The van der Waals surface area contributed by atoms with Gasteiger partial charge in [0.15, 0.2) is 9.84 Å². The molecule has 156 valence electrons. The number of hydrogen-bond donors (Lipinski definition) is 1. The van der Waals surface area contributed by atoms with Gasteiger partial charge >= 0.3 is 0 Å². The minimum absolute atomic E-state index is 0.240. The summed E-state index contributed by atoms with van der Waals surface area (Å²) in [6.45, 7) is 5.70. The van der Waals surface area contributed by atoms with Crippen molar-refractivity contribution in [3.8, 4) is 0 Å². The molecular weight excluding hydrogens is 386 g/mol. The highest BCUT2D eigenvalue weighted by Gasteiger charge is 2.38. The van der Waals surface area contributed by atoms with E-state index >= 15 is 0 Å². The largest absolute Gasteiger partial charge is 0.306 e. The second-order valence-electron chi connectivity index (χ2n) is 8.43. The van der Waals surface area contributed by atoms with Crippen molar-refractivity contribution < 1.29 is 13.6 Å². The Morgan fingerprint density at radius 3 is 2.21 bits per heavy atom. The van der Waals surface area contributed by atoms with Crippen LogP contribution in [0.5, 0.6) is 0 Å². The van der Waals surface area contributed by atoms with Crippen molar-refractivity contribution in [1.29, 1.82) is 0 Å². The van der Waals surface area contributed by atoms with E-state index in [1.165, 1.54) is 0 Å². The van der Waals surface area contributed by atoms with Crippen LogP contribution in [0.4, 0.5) is 0 Å². The number of hydroxylamine groups is 2. The van der Waals surface area contributed by atoms with Gasteiger partial charge in [-0.05, 0) is 95.6 Å². The Kier molecular flexibility index (Phi) is 5.40. The first-order valence-electron chi connectivity index (χ1n) is 10.3. The molecule has 1 saturated heterocycles. The van der Waals surface area contributed by atoms with Gasteiger partial charge in [-0.2, -0.15) is 0 Å². The summed E-state index contributed by atoms with van der Waals surface area (Å²) in [6.07, 6.45) is 12.6. The van der Waals surface area contributed by atoms with Gasteiger partial charge in [-0.25, -0.2) is 13.5 Å². The van der Waals surface area contributed by atoms with Gasteiger partial charge in [0.05, 0.1) is 21.9 Å². The fourth-order valence-corrected chi connectivity index (χ4v) is 5.66. The van der Waals surface area contributed by atoms with Gasteiger partial charge in [-0.15, -0.1) is 0 Å². The molecule has 0 radical (unpaired) electrons. The van der Waals surface area contributed by atoms with E-state index in [1.54, 1.807) is 12.2 Å². The Hall–Kier alpha value is -1.96. The molecule has 4 rings (SSSR count). The predicted molar refractivity (Wildman–Crippen MR) is 115 cm³/mol. The van der Waals surface area contributed by atoms with Gasteiger partial charge in [0.1, 0.15) is 0 Å². The van der Waals surface area contributed by atoms with E-state index in [0.29, 0.717) is 16.3 Å². The number of allylic oxidation sites excluding steroid dienone is 9. The lowest BCUT2D eigenvalue weighted by atomic mass is 9.95. The Balaban J connectivity index is 1.77. The lowest BCUT2D eigenvalue weighted by molar-refractivity contribution is -0.0195. The van der Waals surface area contributed by atoms with Crippen molar-refractivity contribution in [2.45, 2.75) is 50.8 Å². The monoisotopic (exact) mass is 415 g/mol. The maximum Gasteiger partial charge on any atom is 0.181 e. The number of sulfone groups is 1. The lowest BCUT2D eigenvalue weighted by Gasteiger charge is -2.28. The maximum atomic E-state index is 12.8. The third kappa shape index (κ3) is 4.17. The van der Waals surface area contributed by atoms with Crippen molar-refractivity contribution in [1.82, 2.24) is 9.96 Å². The van der Waals surface area contributed by atoms with Crippen LogP contribution in [0.3, 0.4) is 0 Å². The molecule has 1 N–H and O–H groups in total. The third-order valence-corrected chi connectivity index (χ3v) is 8.24. The minimum atomic E-state index is -3.28. The number of hydrogen-bond acceptors (Lipinski definition) is 6. The first-order valence-corrected chi connectivity index (χ1v) is 11.8. The minimum Gasteiger partial charge on any atom is -0.306 e. The summed E-state index contributed by atoms with van der Waals surface area (Å²) < 4.78 is 25.6. The summed E-state index contributed by atoms with van der Waals surface area (Å²) in [5, 5.41) is 11.0. The first-order chi connectivity index (χ1) is 13.8. The van der Waals surface area contributed by atoms with E-state index in [0.717, 1.165) is 60.7 Å². The van der Waals surface area contributed by atoms with Crippen LogP contribution < -0.4 is 0 Å². The normalized spacial score (nSPS) is 26.0. The molecule has 2 fully saturated rings. The molecule has 0 aromatic heterocycles. The standard InChI is InChI=1S/C22H29N3O3S/c1-15-12-17(13-16(2)25(15)26)21-14-20(29(27,28)19-4-5-19)6-7-22(21)23-18-8-10-24(3)11-9-18/h6-7,12-14,18-19,26H,4-5,8-11H2,1-3H3. The molecule has 0 atom stereocenters. The van der Waals surface area contributed by atoms with E-state index in [9.17, 15) is 13.6 Å². The molecule has 0 spiro atoms. The Morgan fingerprint density at radius 1 is 1.00 bits per heavy atom. The van der Waals surface area contributed by atoms with Crippen molar-refractivity contribution in [2.75, 3.05) is 20.1 Å². The van der Waals surface area contributed by atoms with Crippen LogP contribution in [0.1, 0.15) is 39.5 Å². The number of nitrogens with zero attached hydrogens (tertiary/aromatic N) is 3. The molecule has 2 aliphatic heterocycles. The summed E-state index contributed by atoms with van der Waals surface area (Å²) >= 11 is 0. The molecule has 7 heteroatoms. The molecule has 0 bridgehead atoms. The van der Waals surface area contributed by atoms with Crippen LogP contribution in [0, 0.1) is 0 Å². The van der Waals surface area contributed by atoms with Crippen molar-refractivity contribution in [3.63, 3.8) is 0 Å². The number of likely N-dealkylation sites (tertiary alicyclic amines) is 1. The van der Waals surface area contributed by atoms with E-state index in [-0.39, 0.29) is 11.3 Å². The predicted octanol–water partition coefficient (Wildman–Crippen LogP) is 3.36. The average Bonchev–Trinajstić information content (AvgIpc) is 3.53. The van der Waals surface area contributed by atoms with Crippen LogP contribution in [0.25, 0.3) is 0 Å². The van der Waals surface area contributed by atoms with Gasteiger partial charge < -0.3 is 4.90 Å². The molecule has 6 nitrogen and oxygen atoms in total. The topological polar surface area (TPSA) is 73.2 Å². The summed E-state index contributed by atoms with van der Waals surface area (Å²) in [4.78, 5) is 7.68. The maximum absolute atomic E-state index is 12.8. The molecule has 1 saturated carbocycles. The highest BCUT2D eigenvalue weighted by atomic mass is 32.2. The van der Waals surface area contributed by atoms with Gasteiger partial charge in [-0.1, -0.05) is 0 Å².